The summed E-state index contributed by atoms with van der Waals surface area (Å²) in [6.07, 6.45) is 1.15. The highest BCUT2D eigenvalue weighted by Crippen LogP contribution is 2.32. The van der Waals surface area contributed by atoms with Gasteiger partial charge >= 0.3 is 0 Å². The topological polar surface area (TPSA) is 33.7 Å². The first-order chi connectivity index (χ1) is 8.74. The van der Waals surface area contributed by atoms with E-state index < -0.39 is 0 Å². The average molecular weight is 250 g/mol. The van der Waals surface area contributed by atoms with Crippen LogP contribution >= 0.6 is 0 Å². The first-order valence-electron chi connectivity index (χ1n) is 6.45. The Morgan fingerprint density at radius 3 is 2.83 bits per heavy atom. The van der Waals surface area contributed by atoms with Crippen molar-refractivity contribution in [1.82, 2.24) is 5.32 Å². The Morgan fingerprint density at radius 1 is 1.28 bits per heavy atom. The van der Waals surface area contributed by atoms with Crippen molar-refractivity contribution < 1.29 is 9.47 Å². The highest BCUT2D eigenvalue weighted by molar-refractivity contribution is 5.61. The molecular formula is C14H22N2O2. The van der Waals surface area contributed by atoms with Crippen molar-refractivity contribution in [3.8, 4) is 11.5 Å². The fraction of sp³-hybridized carbons (Fsp3) is 0.571. The van der Waals surface area contributed by atoms with E-state index in [2.05, 4.69) is 23.2 Å². The Kier molecular flexibility index (Phi) is 4.31. The molecule has 0 aliphatic carbocycles. The van der Waals surface area contributed by atoms with Crippen LogP contribution in [0.1, 0.15) is 13.3 Å². The van der Waals surface area contributed by atoms with Gasteiger partial charge in [-0.15, -0.1) is 0 Å². The maximum Gasteiger partial charge on any atom is 0.145 e. The number of hydrogen-bond donors (Lipinski definition) is 1. The smallest absolute Gasteiger partial charge is 0.145 e. The minimum atomic E-state index is 0.499. The van der Waals surface area contributed by atoms with Crippen LogP contribution in [0, 0.1) is 0 Å². The third kappa shape index (κ3) is 2.88. The molecule has 1 aromatic rings. The zero-order valence-corrected chi connectivity index (χ0v) is 11.4. The standard InChI is InChI=1S/C14H22N2O2/c1-11-10-16(8-4-7-15-11)13-6-5-12(17-2)9-14(13)18-3/h5-6,9,11,15H,4,7-8,10H2,1-3H3. The number of nitrogens with zero attached hydrogens (tertiary/aromatic N) is 1. The number of benzene rings is 1. The Labute approximate surface area is 109 Å². The molecule has 1 unspecified atom stereocenters. The van der Waals surface area contributed by atoms with E-state index in [0.29, 0.717) is 6.04 Å². The van der Waals surface area contributed by atoms with Crippen molar-refractivity contribution in [3.63, 3.8) is 0 Å². The largest absolute Gasteiger partial charge is 0.497 e. The summed E-state index contributed by atoms with van der Waals surface area (Å²) < 4.78 is 10.7. The van der Waals surface area contributed by atoms with E-state index in [-0.39, 0.29) is 0 Å². The zero-order chi connectivity index (χ0) is 13.0. The Morgan fingerprint density at radius 2 is 2.11 bits per heavy atom. The minimum absolute atomic E-state index is 0.499. The van der Waals surface area contributed by atoms with E-state index in [4.69, 9.17) is 9.47 Å². The van der Waals surface area contributed by atoms with Gasteiger partial charge < -0.3 is 19.7 Å². The monoisotopic (exact) mass is 250 g/mol. The van der Waals surface area contributed by atoms with Crippen LogP contribution in [-0.2, 0) is 0 Å². The van der Waals surface area contributed by atoms with Crippen molar-refractivity contribution in [1.29, 1.82) is 0 Å². The van der Waals surface area contributed by atoms with E-state index in [1.807, 2.05) is 12.1 Å². The third-order valence-electron chi connectivity index (χ3n) is 3.32. The third-order valence-corrected chi connectivity index (χ3v) is 3.32. The average Bonchev–Trinajstić information content (AvgIpc) is 2.62. The van der Waals surface area contributed by atoms with Crippen molar-refractivity contribution in [2.24, 2.45) is 0 Å². The Hall–Kier alpha value is -1.42. The molecule has 1 fully saturated rings. The lowest BCUT2D eigenvalue weighted by molar-refractivity contribution is 0.394. The first kappa shape index (κ1) is 13.0. The second kappa shape index (κ2) is 5.96. The Balaban J connectivity index is 2.25. The Bertz CT molecular complexity index is 395. The van der Waals surface area contributed by atoms with Gasteiger partial charge in [-0.05, 0) is 32.0 Å². The summed E-state index contributed by atoms with van der Waals surface area (Å²) in [6, 6.07) is 6.51. The van der Waals surface area contributed by atoms with Gasteiger partial charge in [0.15, 0.2) is 0 Å². The van der Waals surface area contributed by atoms with Gasteiger partial charge in [0.05, 0.1) is 19.9 Å². The quantitative estimate of drug-likeness (QED) is 0.888. The molecule has 0 bridgehead atoms. The maximum atomic E-state index is 5.48. The molecule has 18 heavy (non-hydrogen) atoms. The molecule has 1 N–H and O–H groups in total. The lowest BCUT2D eigenvalue weighted by atomic mass is 10.2. The predicted octanol–water partition coefficient (Wildman–Crippen LogP) is 1.89. The lowest BCUT2D eigenvalue weighted by Crippen LogP contribution is -2.35. The van der Waals surface area contributed by atoms with Gasteiger partial charge in [0.25, 0.3) is 0 Å². The minimum Gasteiger partial charge on any atom is -0.497 e. The van der Waals surface area contributed by atoms with Crippen LogP contribution < -0.4 is 19.7 Å². The number of ether oxygens (including phenoxy) is 2. The van der Waals surface area contributed by atoms with Crippen LogP contribution in [0.3, 0.4) is 0 Å². The van der Waals surface area contributed by atoms with Crippen molar-refractivity contribution in [2.75, 3.05) is 38.8 Å². The van der Waals surface area contributed by atoms with E-state index in [0.717, 1.165) is 43.2 Å². The number of nitrogens with one attached hydrogen (secondary N) is 1. The van der Waals surface area contributed by atoms with Gasteiger partial charge in [-0.25, -0.2) is 0 Å². The maximum absolute atomic E-state index is 5.48. The summed E-state index contributed by atoms with van der Waals surface area (Å²) in [5.41, 5.74) is 1.15. The van der Waals surface area contributed by atoms with Gasteiger partial charge in [-0.3, -0.25) is 0 Å². The fourth-order valence-corrected chi connectivity index (χ4v) is 2.37. The van der Waals surface area contributed by atoms with Gasteiger partial charge in [0.1, 0.15) is 11.5 Å². The molecule has 4 nitrogen and oxygen atoms in total. The van der Waals surface area contributed by atoms with E-state index in [1.165, 1.54) is 0 Å². The van der Waals surface area contributed by atoms with E-state index in [1.54, 1.807) is 14.2 Å². The predicted molar refractivity (Wildman–Crippen MR) is 73.8 cm³/mol. The van der Waals surface area contributed by atoms with Crippen LogP contribution in [0.5, 0.6) is 11.5 Å². The molecule has 0 saturated carbocycles. The first-order valence-corrected chi connectivity index (χ1v) is 6.45. The molecule has 1 aliphatic heterocycles. The normalized spacial score (nSPS) is 20.4. The van der Waals surface area contributed by atoms with Crippen LogP contribution in [0.15, 0.2) is 18.2 Å². The molecule has 4 heteroatoms. The molecule has 0 amide bonds. The van der Waals surface area contributed by atoms with Gasteiger partial charge in [0, 0.05) is 25.2 Å². The van der Waals surface area contributed by atoms with Crippen LogP contribution in [0.4, 0.5) is 5.69 Å². The number of rotatable bonds is 3. The summed E-state index contributed by atoms with van der Waals surface area (Å²) in [4.78, 5) is 2.38. The van der Waals surface area contributed by atoms with E-state index >= 15 is 0 Å². The summed E-state index contributed by atoms with van der Waals surface area (Å²) in [5.74, 6) is 1.71. The molecule has 0 radical (unpaired) electrons. The molecule has 1 saturated heterocycles. The van der Waals surface area contributed by atoms with Gasteiger partial charge in [-0.1, -0.05) is 0 Å². The SMILES string of the molecule is COc1ccc(N2CCCNC(C)C2)c(OC)c1. The summed E-state index contributed by atoms with van der Waals surface area (Å²) in [7, 11) is 3.38. The van der Waals surface area contributed by atoms with Gasteiger partial charge in [-0.2, -0.15) is 0 Å². The fourth-order valence-electron chi connectivity index (χ4n) is 2.37. The molecular weight excluding hydrogens is 228 g/mol. The van der Waals surface area contributed by atoms with Crippen molar-refractivity contribution >= 4 is 5.69 Å². The molecule has 1 heterocycles. The van der Waals surface area contributed by atoms with Crippen molar-refractivity contribution in [2.45, 2.75) is 19.4 Å². The summed E-state index contributed by atoms with van der Waals surface area (Å²) in [5, 5.41) is 3.50. The molecule has 0 aromatic heterocycles. The highest BCUT2D eigenvalue weighted by Gasteiger charge is 2.17. The number of hydrogen-bond acceptors (Lipinski definition) is 4. The van der Waals surface area contributed by atoms with E-state index in [9.17, 15) is 0 Å². The second-order valence-corrected chi connectivity index (χ2v) is 4.69. The molecule has 2 rings (SSSR count). The lowest BCUT2D eigenvalue weighted by Gasteiger charge is -2.26. The van der Waals surface area contributed by atoms with Crippen LogP contribution in [0.2, 0.25) is 0 Å². The van der Waals surface area contributed by atoms with Crippen LogP contribution in [-0.4, -0.2) is 39.9 Å². The summed E-state index contributed by atoms with van der Waals surface area (Å²) in [6.45, 7) is 5.35. The molecule has 1 aliphatic rings. The molecule has 1 aromatic carbocycles. The number of anilines is 1. The summed E-state index contributed by atoms with van der Waals surface area (Å²) >= 11 is 0. The van der Waals surface area contributed by atoms with Gasteiger partial charge in [0.2, 0.25) is 0 Å². The van der Waals surface area contributed by atoms with Crippen LogP contribution in [0.25, 0.3) is 0 Å². The number of methoxy groups -OCH3 is 2. The molecule has 100 valence electrons. The highest BCUT2D eigenvalue weighted by atomic mass is 16.5. The second-order valence-electron chi connectivity index (χ2n) is 4.69. The zero-order valence-electron chi connectivity index (χ0n) is 11.4. The molecule has 0 spiro atoms. The molecule has 1 atom stereocenters. The van der Waals surface area contributed by atoms with Crippen molar-refractivity contribution in [3.05, 3.63) is 18.2 Å².